The van der Waals surface area contributed by atoms with Gasteiger partial charge < -0.3 is 5.32 Å². The highest BCUT2D eigenvalue weighted by molar-refractivity contribution is 9.09. The van der Waals surface area contributed by atoms with Crippen molar-refractivity contribution in [1.82, 2.24) is 5.32 Å². The number of hydrogen-bond acceptors (Lipinski definition) is 1. The lowest BCUT2D eigenvalue weighted by molar-refractivity contribution is 0.0917. The van der Waals surface area contributed by atoms with Gasteiger partial charge in [0, 0.05) is 17.9 Å². The topological polar surface area (TPSA) is 29.1 Å². The molecule has 0 unspecified atom stereocenters. The predicted octanol–water partition coefficient (Wildman–Crippen LogP) is 4.35. The van der Waals surface area contributed by atoms with Gasteiger partial charge in [0.1, 0.15) is 11.6 Å². The fraction of sp³-hybridized carbons (Fsp3) is 0.562. The molecule has 1 amide bonds. The third-order valence-corrected chi connectivity index (χ3v) is 5.50. The van der Waals surface area contributed by atoms with Crippen molar-refractivity contribution in [3.63, 3.8) is 0 Å². The van der Waals surface area contributed by atoms with E-state index in [-0.39, 0.29) is 16.5 Å². The maximum Gasteiger partial charge on any atom is 0.254 e. The molecule has 0 radical (unpaired) electrons. The molecule has 2 rings (SSSR count). The summed E-state index contributed by atoms with van der Waals surface area (Å²) in [5, 5.41) is 3.64. The Morgan fingerprint density at radius 3 is 2.52 bits per heavy atom. The van der Waals surface area contributed by atoms with E-state index < -0.39 is 17.5 Å². The fourth-order valence-electron chi connectivity index (χ4n) is 2.85. The minimum absolute atomic E-state index is 0.0550. The molecule has 0 bridgehead atoms. The van der Waals surface area contributed by atoms with Crippen LogP contribution >= 0.6 is 15.9 Å². The van der Waals surface area contributed by atoms with Crippen LogP contribution < -0.4 is 5.32 Å². The van der Waals surface area contributed by atoms with Crippen LogP contribution in [-0.4, -0.2) is 17.8 Å². The highest BCUT2D eigenvalue weighted by atomic mass is 79.9. The molecule has 0 saturated heterocycles. The lowest BCUT2D eigenvalue weighted by Crippen LogP contribution is -2.40. The Labute approximate surface area is 132 Å². The molecule has 116 valence electrons. The summed E-state index contributed by atoms with van der Waals surface area (Å²) >= 11 is 3.54. The molecule has 21 heavy (non-hydrogen) atoms. The van der Waals surface area contributed by atoms with Crippen molar-refractivity contribution in [3.8, 4) is 0 Å². The number of aryl methyl sites for hydroxylation is 1. The van der Waals surface area contributed by atoms with Gasteiger partial charge in [-0.3, -0.25) is 4.79 Å². The van der Waals surface area contributed by atoms with Crippen LogP contribution in [0.2, 0.25) is 0 Å². The zero-order valence-electron chi connectivity index (χ0n) is 12.1. The molecule has 2 nitrogen and oxygen atoms in total. The molecule has 5 heteroatoms. The second-order valence-electron chi connectivity index (χ2n) is 5.96. The predicted molar refractivity (Wildman–Crippen MR) is 82.7 cm³/mol. The quantitative estimate of drug-likeness (QED) is 0.795. The summed E-state index contributed by atoms with van der Waals surface area (Å²) in [5.41, 5.74) is 0.239. The van der Waals surface area contributed by atoms with Crippen LogP contribution in [0.1, 0.15) is 48.0 Å². The smallest absolute Gasteiger partial charge is 0.254 e. The number of rotatable bonds is 4. The van der Waals surface area contributed by atoms with Crippen molar-refractivity contribution in [2.24, 2.45) is 5.41 Å². The minimum Gasteiger partial charge on any atom is -0.351 e. The lowest BCUT2D eigenvalue weighted by atomic mass is 9.75. The van der Waals surface area contributed by atoms with E-state index in [0.717, 1.165) is 37.1 Å². The molecule has 0 spiro atoms. The van der Waals surface area contributed by atoms with Crippen LogP contribution in [0.4, 0.5) is 8.78 Å². The minimum atomic E-state index is -0.813. The second-order valence-corrected chi connectivity index (χ2v) is 6.52. The van der Waals surface area contributed by atoms with Gasteiger partial charge in [-0.25, -0.2) is 8.78 Å². The monoisotopic (exact) mass is 359 g/mol. The molecule has 1 saturated carbocycles. The Morgan fingerprint density at radius 1 is 1.24 bits per heavy atom. The number of benzene rings is 1. The largest absolute Gasteiger partial charge is 0.351 e. The molecule has 0 aliphatic heterocycles. The molecule has 0 aromatic heterocycles. The Kier molecular flexibility index (Phi) is 5.36. The van der Waals surface area contributed by atoms with Crippen molar-refractivity contribution in [2.45, 2.75) is 39.0 Å². The first kappa shape index (κ1) is 16.4. The van der Waals surface area contributed by atoms with E-state index in [1.165, 1.54) is 19.4 Å². The van der Waals surface area contributed by atoms with Crippen LogP contribution in [0.5, 0.6) is 0 Å². The summed E-state index contributed by atoms with van der Waals surface area (Å²) < 4.78 is 27.0. The van der Waals surface area contributed by atoms with Crippen LogP contribution in [-0.2, 0) is 0 Å². The Hall–Kier alpha value is -0.970. The Balaban J connectivity index is 2.06. The number of carbonyl (C=O) groups is 1. The van der Waals surface area contributed by atoms with Crippen LogP contribution in [0.25, 0.3) is 0 Å². The van der Waals surface area contributed by atoms with Gasteiger partial charge in [0.25, 0.3) is 5.91 Å². The van der Waals surface area contributed by atoms with E-state index in [0.29, 0.717) is 6.54 Å². The van der Waals surface area contributed by atoms with E-state index in [4.69, 9.17) is 0 Å². The number of alkyl halides is 1. The summed E-state index contributed by atoms with van der Waals surface area (Å²) in [7, 11) is 0. The van der Waals surface area contributed by atoms with Crippen molar-refractivity contribution in [3.05, 3.63) is 34.9 Å². The van der Waals surface area contributed by atoms with E-state index >= 15 is 0 Å². The third-order valence-electron chi connectivity index (χ3n) is 4.31. The van der Waals surface area contributed by atoms with Crippen molar-refractivity contribution in [1.29, 1.82) is 0 Å². The van der Waals surface area contributed by atoms with Gasteiger partial charge >= 0.3 is 0 Å². The van der Waals surface area contributed by atoms with Crippen LogP contribution in [0.3, 0.4) is 0 Å². The summed E-state index contributed by atoms with van der Waals surface area (Å²) in [5.74, 6) is -1.91. The number of carbonyl (C=O) groups excluding carboxylic acids is 1. The molecular formula is C16H20BrF2NO. The molecule has 0 heterocycles. The average molecular weight is 360 g/mol. The molecule has 1 aromatic rings. The number of amides is 1. The first-order chi connectivity index (χ1) is 9.97. The van der Waals surface area contributed by atoms with Gasteiger partial charge in [0.05, 0.1) is 5.56 Å². The van der Waals surface area contributed by atoms with E-state index in [2.05, 4.69) is 21.2 Å². The van der Waals surface area contributed by atoms with Crippen LogP contribution in [0, 0.1) is 24.0 Å². The maximum absolute atomic E-state index is 13.7. The van der Waals surface area contributed by atoms with E-state index in [1.54, 1.807) is 0 Å². The number of halogens is 3. The first-order valence-corrected chi connectivity index (χ1v) is 8.39. The second kappa shape index (κ2) is 6.86. The first-order valence-electron chi connectivity index (χ1n) is 7.27. The third kappa shape index (κ3) is 3.82. The van der Waals surface area contributed by atoms with Gasteiger partial charge in [0.15, 0.2) is 0 Å². The van der Waals surface area contributed by atoms with Gasteiger partial charge in [-0.1, -0.05) is 35.2 Å². The summed E-state index contributed by atoms with van der Waals surface area (Å²) in [4.78, 5) is 12.1. The van der Waals surface area contributed by atoms with Gasteiger partial charge in [-0.2, -0.15) is 0 Å². The highest BCUT2D eigenvalue weighted by Crippen LogP contribution is 2.37. The van der Waals surface area contributed by atoms with Gasteiger partial charge in [0.2, 0.25) is 0 Å². The normalized spacial score (nSPS) is 17.5. The summed E-state index contributed by atoms with van der Waals surface area (Å²) in [6.07, 6.45) is 5.67. The van der Waals surface area contributed by atoms with Crippen molar-refractivity contribution >= 4 is 21.8 Å². The Bertz CT molecular complexity index is 527. The molecule has 0 atom stereocenters. The number of hydrogen-bond donors (Lipinski definition) is 1. The van der Waals surface area contributed by atoms with E-state index in [1.807, 2.05) is 0 Å². The molecule has 1 aliphatic rings. The van der Waals surface area contributed by atoms with Crippen molar-refractivity contribution in [2.75, 3.05) is 11.9 Å². The standard InChI is InChI=1S/C16H20BrF2NO/c1-11-7-12(14(19)8-13(11)18)15(21)20-10-16(9-17)5-3-2-4-6-16/h7-8H,2-6,9-10H2,1H3,(H,20,21). The molecule has 1 N–H and O–H groups in total. The Morgan fingerprint density at radius 2 is 1.90 bits per heavy atom. The SMILES string of the molecule is Cc1cc(C(=O)NCC2(CBr)CCCCC2)c(F)cc1F. The zero-order valence-corrected chi connectivity index (χ0v) is 13.7. The average Bonchev–Trinajstić information content (AvgIpc) is 2.49. The summed E-state index contributed by atoms with van der Waals surface area (Å²) in [6, 6.07) is 2.03. The zero-order chi connectivity index (χ0) is 15.5. The molecule has 1 fully saturated rings. The highest BCUT2D eigenvalue weighted by Gasteiger charge is 2.31. The maximum atomic E-state index is 13.7. The lowest BCUT2D eigenvalue weighted by Gasteiger charge is -2.35. The van der Waals surface area contributed by atoms with Gasteiger partial charge in [-0.15, -0.1) is 0 Å². The molecule has 1 aliphatic carbocycles. The fourth-order valence-corrected chi connectivity index (χ4v) is 3.61. The van der Waals surface area contributed by atoms with Crippen LogP contribution in [0.15, 0.2) is 12.1 Å². The summed E-state index contributed by atoms with van der Waals surface area (Å²) in [6.45, 7) is 2.04. The number of nitrogens with one attached hydrogen (secondary N) is 1. The van der Waals surface area contributed by atoms with Gasteiger partial charge in [-0.05, 0) is 36.8 Å². The molecule has 1 aromatic carbocycles. The van der Waals surface area contributed by atoms with E-state index in [9.17, 15) is 13.6 Å². The van der Waals surface area contributed by atoms with Crippen molar-refractivity contribution < 1.29 is 13.6 Å². The molecular weight excluding hydrogens is 340 g/mol.